The largest absolute Gasteiger partial charge is 0.494 e. The minimum absolute atomic E-state index is 0.0566. The van der Waals surface area contributed by atoms with E-state index in [1.165, 1.54) is 0 Å². The normalized spacial score (nSPS) is 10.4. The van der Waals surface area contributed by atoms with Crippen molar-refractivity contribution in [1.29, 1.82) is 0 Å². The third-order valence-corrected chi connectivity index (χ3v) is 4.79. The van der Waals surface area contributed by atoms with Gasteiger partial charge in [-0.3, -0.25) is 4.79 Å². The van der Waals surface area contributed by atoms with Crippen LogP contribution in [0.4, 0.5) is 11.4 Å². The van der Waals surface area contributed by atoms with Crippen molar-refractivity contribution in [3.8, 4) is 5.75 Å². The van der Waals surface area contributed by atoms with Gasteiger partial charge in [0.2, 0.25) is 5.91 Å². The molecule has 1 aromatic heterocycles. The van der Waals surface area contributed by atoms with E-state index < -0.39 is 0 Å². The molecular weight excluding hydrogens is 306 g/mol. The Morgan fingerprint density at radius 2 is 2.33 bits per heavy atom. The highest BCUT2D eigenvalue weighted by atomic mass is 32.2. The Kier molecular flexibility index (Phi) is 5.46. The summed E-state index contributed by atoms with van der Waals surface area (Å²) in [5.74, 6) is 1.20. The van der Waals surface area contributed by atoms with Crippen LogP contribution in [0, 0.1) is 6.92 Å². The number of amides is 1. The van der Waals surface area contributed by atoms with Crippen LogP contribution in [0.15, 0.2) is 27.9 Å². The molecule has 0 atom stereocenters. The molecule has 0 fully saturated rings. The number of carbonyl (C=O) groups is 1. The van der Waals surface area contributed by atoms with Gasteiger partial charge in [0.25, 0.3) is 0 Å². The maximum atomic E-state index is 11.9. The molecule has 0 bridgehead atoms. The lowest BCUT2D eigenvalue weighted by molar-refractivity contribution is -0.115. The van der Waals surface area contributed by atoms with Crippen LogP contribution < -0.4 is 15.8 Å². The molecule has 112 valence electrons. The molecule has 0 saturated heterocycles. The number of rotatable bonds is 6. The van der Waals surface area contributed by atoms with Gasteiger partial charge in [0.05, 0.1) is 12.8 Å². The van der Waals surface area contributed by atoms with Crippen molar-refractivity contribution >= 4 is 40.4 Å². The molecular formula is C14H17N3O2S2. The zero-order valence-electron chi connectivity index (χ0n) is 11.9. The molecule has 0 aliphatic heterocycles. The van der Waals surface area contributed by atoms with Gasteiger partial charge in [-0.25, -0.2) is 4.98 Å². The molecule has 0 saturated carbocycles. The second-order valence-electron chi connectivity index (χ2n) is 4.36. The predicted octanol–water partition coefficient (Wildman–Crippen LogP) is 3.16. The number of nitrogens with two attached hydrogens (primary N) is 1. The first-order valence-electron chi connectivity index (χ1n) is 6.37. The Labute approximate surface area is 131 Å². The highest BCUT2D eigenvalue weighted by molar-refractivity contribution is 8.01. The Morgan fingerprint density at radius 3 is 3.00 bits per heavy atom. The highest BCUT2D eigenvalue weighted by Gasteiger charge is 2.08. The van der Waals surface area contributed by atoms with Crippen LogP contribution in [0.25, 0.3) is 0 Å². The van der Waals surface area contributed by atoms with Gasteiger partial charge in [-0.1, -0.05) is 11.8 Å². The van der Waals surface area contributed by atoms with E-state index in [4.69, 9.17) is 10.5 Å². The molecule has 1 aromatic carbocycles. The van der Waals surface area contributed by atoms with Crippen molar-refractivity contribution in [2.24, 2.45) is 0 Å². The van der Waals surface area contributed by atoms with E-state index in [0.29, 0.717) is 29.3 Å². The Balaban J connectivity index is 1.84. The smallest absolute Gasteiger partial charge is 0.225 e. The average molecular weight is 323 g/mol. The van der Waals surface area contributed by atoms with Crippen LogP contribution in [0.2, 0.25) is 0 Å². The first kappa shape index (κ1) is 15.7. The molecule has 0 radical (unpaired) electrons. The summed E-state index contributed by atoms with van der Waals surface area (Å²) in [4.78, 5) is 16.3. The fraction of sp³-hybridized carbons (Fsp3) is 0.286. The number of benzene rings is 1. The Hall–Kier alpha value is -1.73. The summed E-state index contributed by atoms with van der Waals surface area (Å²) < 4.78 is 6.19. The van der Waals surface area contributed by atoms with Gasteiger partial charge in [0, 0.05) is 35.0 Å². The minimum atomic E-state index is -0.0566. The number of methoxy groups -OCH3 is 1. The van der Waals surface area contributed by atoms with Gasteiger partial charge in [-0.05, 0) is 19.1 Å². The van der Waals surface area contributed by atoms with E-state index in [-0.39, 0.29) is 5.91 Å². The summed E-state index contributed by atoms with van der Waals surface area (Å²) in [6, 6.07) is 5.15. The van der Waals surface area contributed by atoms with Crippen molar-refractivity contribution in [3.05, 3.63) is 29.3 Å². The Morgan fingerprint density at radius 1 is 1.52 bits per heavy atom. The molecule has 0 aliphatic rings. The molecule has 7 heteroatoms. The van der Waals surface area contributed by atoms with Gasteiger partial charge in [0.15, 0.2) is 0 Å². The SMILES string of the molecule is COc1cc(N)ccc1NC(=O)CCSc1nc(C)cs1. The number of nitrogen functional groups attached to an aromatic ring is 1. The average Bonchev–Trinajstić information content (AvgIpc) is 2.86. The number of hydrogen-bond donors (Lipinski definition) is 2. The zero-order chi connectivity index (χ0) is 15.2. The van der Waals surface area contributed by atoms with E-state index in [1.54, 1.807) is 48.4 Å². The maximum absolute atomic E-state index is 11.9. The molecule has 1 amide bonds. The lowest BCUT2D eigenvalue weighted by Crippen LogP contribution is -2.13. The first-order chi connectivity index (χ1) is 10.1. The Bertz CT molecular complexity index is 628. The molecule has 3 N–H and O–H groups in total. The van der Waals surface area contributed by atoms with Crippen LogP contribution in [0.1, 0.15) is 12.1 Å². The highest BCUT2D eigenvalue weighted by Crippen LogP contribution is 2.27. The quantitative estimate of drug-likeness (QED) is 0.631. The van der Waals surface area contributed by atoms with E-state index in [9.17, 15) is 4.79 Å². The number of thioether (sulfide) groups is 1. The van der Waals surface area contributed by atoms with Crippen LogP contribution in [0.3, 0.4) is 0 Å². The fourth-order valence-electron chi connectivity index (χ4n) is 1.65. The van der Waals surface area contributed by atoms with Gasteiger partial charge >= 0.3 is 0 Å². The van der Waals surface area contributed by atoms with Gasteiger partial charge in [-0.2, -0.15) is 0 Å². The van der Waals surface area contributed by atoms with Crippen molar-refractivity contribution in [1.82, 2.24) is 4.98 Å². The molecule has 0 spiro atoms. The number of hydrogen-bond acceptors (Lipinski definition) is 6. The number of aryl methyl sites for hydroxylation is 1. The van der Waals surface area contributed by atoms with Crippen molar-refractivity contribution in [2.75, 3.05) is 23.9 Å². The summed E-state index contributed by atoms with van der Waals surface area (Å²) in [6.07, 6.45) is 0.414. The number of nitrogens with zero attached hydrogens (tertiary/aromatic N) is 1. The van der Waals surface area contributed by atoms with E-state index in [2.05, 4.69) is 10.3 Å². The molecule has 5 nitrogen and oxygen atoms in total. The second kappa shape index (κ2) is 7.33. The second-order valence-corrected chi connectivity index (χ2v) is 6.56. The first-order valence-corrected chi connectivity index (χ1v) is 8.23. The summed E-state index contributed by atoms with van der Waals surface area (Å²) in [5, 5.41) is 4.83. The van der Waals surface area contributed by atoms with Crippen LogP contribution in [-0.2, 0) is 4.79 Å². The predicted molar refractivity (Wildman–Crippen MR) is 88.2 cm³/mol. The molecule has 21 heavy (non-hydrogen) atoms. The maximum Gasteiger partial charge on any atom is 0.225 e. The summed E-state index contributed by atoms with van der Waals surface area (Å²) >= 11 is 3.19. The topological polar surface area (TPSA) is 77.2 Å². The van der Waals surface area contributed by atoms with Crippen molar-refractivity contribution in [2.45, 2.75) is 17.7 Å². The molecule has 2 rings (SSSR count). The van der Waals surface area contributed by atoms with Gasteiger partial charge in [-0.15, -0.1) is 11.3 Å². The third-order valence-electron chi connectivity index (χ3n) is 2.65. The monoisotopic (exact) mass is 323 g/mol. The number of anilines is 2. The van der Waals surface area contributed by atoms with E-state index in [0.717, 1.165) is 10.0 Å². The third kappa shape index (κ3) is 4.64. The van der Waals surface area contributed by atoms with E-state index >= 15 is 0 Å². The molecule has 0 unspecified atom stereocenters. The molecule has 2 aromatic rings. The number of aromatic nitrogens is 1. The van der Waals surface area contributed by atoms with Crippen molar-refractivity contribution in [3.63, 3.8) is 0 Å². The molecule has 1 heterocycles. The number of nitrogens with one attached hydrogen (secondary N) is 1. The van der Waals surface area contributed by atoms with Crippen LogP contribution in [0.5, 0.6) is 5.75 Å². The summed E-state index contributed by atoms with van der Waals surface area (Å²) in [6.45, 7) is 1.96. The van der Waals surface area contributed by atoms with Gasteiger partial charge < -0.3 is 15.8 Å². The standard InChI is InChI=1S/C14H17N3O2S2/c1-9-8-21-14(16-9)20-6-5-13(18)17-11-4-3-10(15)7-12(11)19-2/h3-4,7-8H,5-6,15H2,1-2H3,(H,17,18). The minimum Gasteiger partial charge on any atom is -0.494 e. The fourth-order valence-corrected chi connectivity index (χ4v) is 3.51. The van der Waals surface area contributed by atoms with Crippen LogP contribution in [-0.4, -0.2) is 23.8 Å². The number of ether oxygens (including phenoxy) is 1. The molecule has 0 aliphatic carbocycles. The lowest BCUT2D eigenvalue weighted by Gasteiger charge is -2.10. The zero-order valence-corrected chi connectivity index (χ0v) is 13.5. The van der Waals surface area contributed by atoms with Crippen molar-refractivity contribution < 1.29 is 9.53 Å². The number of carbonyl (C=O) groups excluding carboxylic acids is 1. The van der Waals surface area contributed by atoms with E-state index in [1.807, 2.05) is 12.3 Å². The number of thiazole rings is 1. The lowest BCUT2D eigenvalue weighted by atomic mass is 10.2. The van der Waals surface area contributed by atoms with Crippen LogP contribution >= 0.6 is 23.1 Å². The summed E-state index contributed by atoms with van der Waals surface area (Å²) in [5.41, 5.74) is 7.92. The summed E-state index contributed by atoms with van der Waals surface area (Å²) in [7, 11) is 1.55. The van der Waals surface area contributed by atoms with Gasteiger partial charge in [0.1, 0.15) is 10.1 Å².